The standard InChI is InChI=1S/C24H23ClN2O2/c1-17-15-20(16-18(2)24(17)25)29-14-6-12-27-22-9-4-3-8-21(22)26-23(27)11-10-19-7-5-13-28-19/h3-5,7-11,13,15-16H,6,12,14H2,1-2H3/b11-10+. The number of benzene rings is 2. The number of fused-ring (bicyclic) bond motifs is 1. The first kappa shape index (κ1) is 19.3. The first-order valence-electron chi connectivity index (χ1n) is 9.68. The van der Waals surface area contributed by atoms with Gasteiger partial charge in [0.2, 0.25) is 0 Å². The number of hydrogen-bond acceptors (Lipinski definition) is 3. The summed E-state index contributed by atoms with van der Waals surface area (Å²) >= 11 is 6.24. The van der Waals surface area contributed by atoms with Crippen LogP contribution < -0.4 is 4.74 Å². The molecule has 0 aliphatic heterocycles. The van der Waals surface area contributed by atoms with Gasteiger partial charge in [-0.3, -0.25) is 0 Å². The molecule has 0 radical (unpaired) electrons. The van der Waals surface area contributed by atoms with Crippen molar-refractivity contribution in [1.82, 2.24) is 9.55 Å². The Hall–Kier alpha value is -2.98. The smallest absolute Gasteiger partial charge is 0.133 e. The Kier molecular flexibility index (Phi) is 5.72. The topological polar surface area (TPSA) is 40.2 Å². The number of nitrogens with zero attached hydrogens (tertiary/aromatic N) is 2. The highest BCUT2D eigenvalue weighted by molar-refractivity contribution is 6.32. The third-order valence-electron chi connectivity index (χ3n) is 4.83. The van der Waals surface area contributed by atoms with Crippen molar-refractivity contribution in [1.29, 1.82) is 0 Å². The molecule has 2 aromatic heterocycles. The Morgan fingerprint density at radius 3 is 2.62 bits per heavy atom. The molecule has 0 saturated heterocycles. The molecule has 2 heterocycles. The lowest BCUT2D eigenvalue weighted by Crippen LogP contribution is -2.06. The summed E-state index contributed by atoms with van der Waals surface area (Å²) in [6.45, 7) is 5.42. The highest BCUT2D eigenvalue weighted by atomic mass is 35.5. The Balaban J connectivity index is 1.48. The van der Waals surface area contributed by atoms with E-state index in [0.717, 1.165) is 57.5 Å². The van der Waals surface area contributed by atoms with E-state index in [-0.39, 0.29) is 0 Å². The van der Waals surface area contributed by atoms with Gasteiger partial charge in [0.1, 0.15) is 17.3 Å². The summed E-state index contributed by atoms with van der Waals surface area (Å²) in [6.07, 6.45) is 6.46. The average Bonchev–Trinajstić information content (AvgIpc) is 3.35. The van der Waals surface area contributed by atoms with Gasteiger partial charge < -0.3 is 13.7 Å². The van der Waals surface area contributed by atoms with Crippen molar-refractivity contribution in [3.8, 4) is 5.75 Å². The number of furan rings is 1. The maximum atomic E-state index is 6.24. The molecule has 0 saturated carbocycles. The second-order valence-corrected chi connectivity index (χ2v) is 7.41. The fourth-order valence-corrected chi connectivity index (χ4v) is 3.51. The molecule has 2 aromatic carbocycles. The van der Waals surface area contributed by atoms with E-state index in [1.807, 2.05) is 68.5 Å². The van der Waals surface area contributed by atoms with Gasteiger partial charge in [-0.15, -0.1) is 0 Å². The predicted octanol–water partition coefficient (Wildman–Crippen LogP) is 6.54. The van der Waals surface area contributed by atoms with Crippen LogP contribution in [-0.4, -0.2) is 16.2 Å². The van der Waals surface area contributed by atoms with Gasteiger partial charge >= 0.3 is 0 Å². The normalized spacial score (nSPS) is 11.6. The van der Waals surface area contributed by atoms with E-state index in [4.69, 9.17) is 25.7 Å². The summed E-state index contributed by atoms with van der Waals surface area (Å²) in [5.74, 6) is 2.57. The monoisotopic (exact) mass is 406 g/mol. The van der Waals surface area contributed by atoms with Gasteiger partial charge in [-0.25, -0.2) is 4.98 Å². The minimum atomic E-state index is 0.619. The van der Waals surface area contributed by atoms with E-state index < -0.39 is 0 Å². The summed E-state index contributed by atoms with van der Waals surface area (Å²) in [6, 6.07) is 15.9. The lowest BCUT2D eigenvalue weighted by molar-refractivity contribution is 0.302. The molecule has 0 bridgehead atoms. The van der Waals surface area contributed by atoms with Crippen molar-refractivity contribution in [2.75, 3.05) is 6.61 Å². The molecule has 4 nitrogen and oxygen atoms in total. The van der Waals surface area contributed by atoms with Crippen molar-refractivity contribution in [3.63, 3.8) is 0 Å². The van der Waals surface area contributed by atoms with Crippen molar-refractivity contribution in [3.05, 3.63) is 82.5 Å². The predicted molar refractivity (Wildman–Crippen MR) is 118 cm³/mol. The van der Waals surface area contributed by atoms with Crippen LogP contribution in [0.4, 0.5) is 0 Å². The minimum absolute atomic E-state index is 0.619. The van der Waals surface area contributed by atoms with Crippen LogP contribution in [0.25, 0.3) is 23.2 Å². The lowest BCUT2D eigenvalue weighted by Gasteiger charge is -2.11. The molecule has 0 atom stereocenters. The highest BCUT2D eigenvalue weighted by Gasteiger charge is 2.09. The molecule has 4 rings (SSSR count). The molecule has 0 aliphatic carbocycles. The van der Waals surface area contributed by atoms with Gasteiger partial charge in [0.15, 0.2) is 0 Å². The number of ether oxygens (including phenoxy) is 1. The van der Waals surface area contributed by atoms with Crippen LogP contribution in [-0.2, 0) is 6.54 Å². The number of aryl methyl sites for hydroxylation is 3. The van der Waals surface area contributed by atoms with E-state index in [1.54, 1.807) is 6.26 Å². The summed E-state index contributed by atoms with van der Waals surface area (Å²) < 4.78 is 13.6. The van der Waals surface area contributed by atoms with E-state index in [0.29, 0.717) is 6.61 Å². The van der Waals surface area contributed by atoms with Gasteiger partial charge in [-0.05, 0) is 79.9 Å². The average molecular weight is 407 g/mol. The number of rotatable bonds is 7. The second kappa shape index (κ2) is 8.58. The summed E-state index contributed by atoms with van der Waals surface area (Å²) in [7, 11) is 0. The van der Waals surface area contributed by atoms with Crippen molar-refractivity contribution in [2.24, 2.45) is 0 Å². The van der Waals surface area contributed by atoms with Gasteiger partial charge in [0, 0.05) is 11.6 Å². The first-order chi connectivity index (χ1) is 14.1. The highest BCUT2D eigenvalue weighted by Crippen LogP contribution is 2.26. The molecule has 0 N–H and O–H groups in total. The zero-order valence-corrected chi connectivity index (χ0v) is 17.3. The quantitative estimate of drug-likeness (QED) is 0.327. The molecule has 0 aliphatic rings. The van der Waals surface area contributed by atoms with Crippen LogP contribution in [0.15, 0.2) is 59.2 Å². The van der Waals surface area contributed by atoms with Gasteiger partial charge in [0.25, 0.3) is 0 Å². The zero-order chi connectivity index (χ0) is 20.2. The van der Waals surface area contributed by atoms with Crippen LogP contribution in [0, 0.1) is 13.8 Å². The zero-order valence-electron chi connectivity index (χ0n) is 16.6. The van der Waals surface area contributed by atoms with Crippen LogP contribution in [0.3, 0.4) is 0 Å². The first-order valence-corrected chi connectivity index (χ1v) is 10.1. The maximum Gasteiger partial charge on any atom is 0.133 e. The number of halogens is 1. The summed E-state index contributed by atoms with van der Waals surface area (Å²) in [4.78, 5) is 4.76. The lowest BCUT2D eigenvalue weighted by atomic mass is 10.1. The van der Waals surface area contributed by atoms with E-state index in [2.05, 4.69) is 10.6 Å². The van der Waals surface area contributed by atoms with Crippen molar-refractivity contribution >= 4 is 34.8 Å². The Morgan fingerprint density at radius 1 is 1.07 bits per heavy atom. The molecule has 0 unspecified atom stereocenters. The number of imidazole rings is 1. The maximum absolute atomic E-state index is 6.24. The van der Waals surface area contributed by atoms with Crippen LogP contribution in [0.5, 0.6) is 5.75 Å². The third-order valence-corrected chi connectivity index (χ3v) is 5.42. The van der Waals surface area contributed by atoms with E-state index in [1.165, 1.54) is 0 Å². The van der Waals surface area contributed by atoms with Crippen molar-refractivity contribution in [2.45, 2.75) is 26.8 Å². The largest absolute Gasteiger partial charge is 0.494 e. The van der Waals surface area contributed by atoms with Gasteiger partial charge in [0.05, 0.1) is 23.9 Å². The molecule has 4 aromatic rings. The minimum Gasteiger partial charge on any atom is -0.494 e. The molecule has 0 amide bonds. The van der Waals surface area contributed by atoms with Crippen LogP contribution in [0.2, 0.25) is 5.02 Å². The Morgan fingerprint density at radius 2 is 1.86 bits per heavy atom. The SMILES string of the molecule is Cc1cc(OCCCn2c(/C=C/c3ccco3)nc3ccccc32)cc(C)c1Cl. The Labute approximate surface area is 175 Å². The molecule has 29 heavy (non-hydrogen) atoms. The molecular formula is C24H23ClN2O2. The van der Waals surface area contributed by atoms with Crippen LogP contribution in [0.1, 0.15) is 29.1 Å². The fraction of sp³-hybridized carbons (Fsp3) is 0.208. The number of aromatic nitrogens is 2. The van der Waals surface area contributed by atoms with Gasteiger partial charge in [-0.2, -0.15) is 0 Å². The third kappa shape index (κ3) is 4.38. The van der Waals surface area contributed by atoms with E-state index in [9.17, 15) is 0 Å². The molecule has 0 spiro atoms. The number of para-hydroxylation sites is 2. The van der Waals surface area contributed by atoms with E-state index >= 15 is 0 Å². The summed E-state index contributed by atoms with van der Waals surface area (Å²) in [5, 5.41) is 0.801. The van der Waals surface area contributed by atoms with Crippen molar-refractivity contribution < 1.29 is 9.15 Å². The van der Waals surface area contributed by atoms with Crippen LogP contribution >= 0.6 is 11.6 Å². The fourth-order valence-electron chi connectivity index (χ4n) is 3.40. The molecular weight excluding hydrogens is 384 g/mol. The number of hydrogen-bond donors (Lipinski definition) is 0. The summed E-state index contributed by atoms with van der Waals surface area (Å²) in [5.41, 5.74) is 4.17. The molecule has 5 heteroatoms. The molecule has 0 fully saturated rings. The Bertz CT molecular complexity index is 1120. The van der Waals surface area contributed by atoms with Gasteiger partial charge in [-0.1, -0.05) is 23.7 Å². The second-order valence-electron chi connectivity index (χ2n) is 7.03. The molecule has 148 valence electrons.